The zero-order chi connectivity index (χ0) is 17.4. The molecule has 3 heterocycles. The molecule has 0 unspecified atom stereocenters. The lowest BCUT2D eigenvalue weighted by molar-refractivity contribution is 0.0601. The first-order chi connectivity index (χ1) is 12.1. The van der Waals surface area contributed by atoms with Crippen molar-refractivity contribution in [2.24, 2.45) is 0 Å². The number of nitrogens with two attached hydrogens (primary N) is 1. The van der Waals surface area contributed by atoms with Crippen LogP contribution in [0.25, 0.3) is 11.0 Å². The third-order valence-corrected chi connectivity index (χ3v) is 4.57. The van der Waals surface area contributed by atoms with Gasteiger partial charge in [-0.05, 0) is 49.6 Å². The van der Waals surface area contributed by atoms with E-state index in [9.17, 15) is 9.18 Å². The number of carbonyl (C=O) groups excluding carboxylic acids is 1. The van der Waals surface area contributed by atoms with Crippen LogP contribution in [0.2, 0.25) is 0 Å². The average molecular weight is 339 g/mol. The van der Waals surface area contributed by atoms with Gasteiger partial charge in [-0.15, -0.1) is 0 Å². The number of nitrogens with zero attached hydrogens (tertiary/aromatic N) is 3. The zero-order valence-electron chi connectivity index (χ0n) is 13.6. The topological polar surface area (TPSA) is 87.9 Å². The Balaban J connectivity index is 1.68. The molecule has 6 nitrogen and oxygen atoms in total. The predicted octanol–water partition coefficient (Wildman–Crippen LogP) is 3.05. The van der Waals surface area contributed by atoms with Crippen molar-refractivity contribution in [3.05, 3.63) is 53.7 Å². The highest BCUT2D eigenvalue weighted by Crippen LogP contribution is 2.31. The van der Waals surface area contributed by atoms with Gasteiger partial charge in [0.1, 0.15) is 17.5 Å². The minimum atomic E-state index is -0.313. The van der Waals surface area contributed by atoms with Crippen LogP contribution in [0.5, 0.6) is 0 Å². The summed E-state index contributed by atoms with van der Waals surface area (Å²) in [5.74, 6) is 0.666. The molecule has 4 rings (SSSR count). The number of hydrogen-bond acceptors (Lipinski definition) is 4. The second-order valence-corrected chi connectivity index (χ2v) is 6.27. The van der Waals surface area contributed by atoms with Crippen LogP contribution in [-0.2, 0) is 0 Å². The number of rotatable bonds is 2. The summed E-state index contributed by atoms with van der Waals surface area (Å²) in [6, 6.07) is 7.60. The first-order valence-corrected chi connectivity index (χ1v) is 8.29. The van der Waals surface area contributed by atoms with Gasteiger partial charge in [0.05, 0.1) is 22.6 Å². The molecule has 1 aromatic carbocycles. The highest BCUT2D eigenvalue weighted by molar-refractivity contribution is 5.94. The van der Waals surface area contributed by atoms with Gasteiger partial charge in [-0.2, -0.15) is 0 Å². The Kier molecular flexibility index (Phi) is 3.83. The van der Waals surface area contributed by atoms with Crippen molar-refractivity contribution in [1.82, 2.24) is 19.9 Å². The van der Waals surface area contributed by atoms with Crippen molar-refractivity contribution in [2.75, 3.05) is 12.3 Å². The summed E-state index contributed by atoms with van der Waals surface area (Å²) in [7, 11) is 0. The van der Waals surface area contributed by atoms with Gasteiger partial charge < -0.3 is 15.6 Å². The van der Waals surface area contributed by atoms with Gasteiger partial charge in [-0.25, -0.2) is 14.4 Å². The lowest BCUT2D eigenvalue weighted by Crippen LogP contribution is -2.39. The molecular formula is C18H18FN5O. The second kappa shape index (κ2) is 6.16. The summed E-state index contributed by atoms with van der Waals surface area (Å²) in [5.41, 5.74) is 7.44. The van der Waals surface area contributed by atoms with Crippen LogP contribution >= 0.6 is 0 Å². The number of aromatic nitrogens is 3. The fourth-order valence-corrected chi connectivity index (χ4v) is 3.32. The van der Waals surface area contributed by atoms with Crippen molar-refractivity contribution in [1.29, 1.82) is 0 Å². The number of amides is 1. The largest absolute Gasteiger partial charge is 0.384 e. The van der Waals surface area contributed by atoms with Crippen molar-refractivity contribution in [3.63, 3.8) is 0 Å². The number of anilines is 1. The molecule has 1 amide bonds. The number of nitrogen functional groups attached to an aromatic ring is 1. The van der Waals surface area contributed by atoms with E-state index in [1.54, 1.807) is 18.2 Å². The molecule has 0 aliphatic carbocycles. The van der Waals surface area contributed by atoms with Crippen LogP contribution < -0.4 is 5.73 Å². The minimum absolute atomic E-state index is 0.0937. The SMILES string of the molecule is Nc1ccc(C(=O)N2CCCC[C@@H]2c2nc3ccc(F)cc3[nH]2)cn1. The Morgan fingerprint density at radius 3 is 2.96 bits per heavy atom. The van der Waals surface area contributed by atoms with E-state index in [0.717, 1.165) is 19.3 Å². The molecule has 0 saturated carbocycles. The lowest BCUT2D eigenvalue weighted by Gasteiger charge is -2.34. The number of aromatic amines is 1. The van der Waals surface area contributed by atoms with Crippen molar-refractivity contribution < 1.29 is 9.18 Å². The Morgan fingerprint density at radius 1 is 1.28 bits per heavy atom. The Bertz CT molecular complexity index is 921. The average Bonchev–Trinajstić information content (AvgIpc) is 3.05. The number of halogens is 1. The monoisotopic (exact) mass is 339 g/mol. The van der Waals surface area contributed by atoms with E-state index < -0.39 is 0 Å². The van der Waals surface area contributed by atoms with Gasteiger partial charge in [0.15, 0.2) is 0 Å². The first kappa shape index (κ1) is 15.6. The fraction of sp³-hybridized carbons (Fsp3) is 0.278. The molecule has 1 atom stereocenters. The number of benzene rings is 1. The van der Waals surface area contributed by atoms with Gasteiger partial charge in [0.2, 0.25) is 0 Å². The number of carbonyl (C=O) groups is 1. The number of fused-ring (bicyclic) bond motifs is 1. The van der Waals surface area contributed by atoms with E-state index in [0.29, 0.717) is 34.8 Å². The standard InChI is InChI=1S/C18H18FN5O/c19-12-5-6-13-14(9-12)23-17(22-13)15-3-1-2-8-24(15)18(25)11-4-7-16(20)21-10-11/h4-7,9-10,15H,1-3,8H2,(H2,20,21)(H,22,23)/t15-/m1/s1. The van der Waals surface area contributed by atoms with Crippen LogP contribution in [0, 0.1) is 5.82 Å². The minimum Gasteiger partial charge on any atom is -0.384 e. The Labute approximate surface area is 143 Å². The van der Waals surface area contributed by atoms with Gasteiger partial charge in [-0.3, -0.25) is 4.79 Å². The molecule has 7 heteroatoms. The van der Waals surface area contributed by atoms with E-state index in [4.69, 9.17) is 5.73 Å². The van der Waals surface area contributed by atoms with Crippen LogP contribution in [0.4, 0.5) is 10.2 Å². The Morgan fingerprint density at radius 2 is 2.16 bits per heavy atom. The summed E-state index contributed by atoms with van der Waals surface area (Å²) in [6.07, 6.45) is 4.27. The van der Waals surface area contributed by atoms with Gasteiger partial charge >= 0.3 is 0 Å². The van der Waals surface area contributed by atoms with Crippen LogP contribution in [0.15, 0.2) is 36.5 Å². The lowest BCUT2D eigenvalue weighted by atomic mass is 10.0. The number of imidazole rings is 1. The van der Waals surface area contributed by atoms with E-state index in [1.807, 2.05) is 4.90 Å². The van der Waals surface area contributed by atoms with Crippen molar-refractivity contribution >= 4 is 22.8 Å². The number of pyridine rings is 1. The molecule has 1 aliphatic heterocycles. The zero-order valence-corrected chi connectivity index (χ0v) is 13.6. The molecule has 2 aromatic heterocycles. The molecule has 0 spiro atoms. The van der Waals surface area contributed by atoms with E-state index in [2.05, 4.69) is 15.0 Å². The highest BCUT2D eigenvalue weighted by atomic mass is 19.1. The summed E-state index contributed by atoms with van der Waals surface area (Å²) in [4.78, 5) is 26.5. The highest BCUT2D eigenvalue weighted by Gasteiger charge is 2.31. The number of hydrogen-bond donors (Lipinski definition) is 2. The van der Waals surface area contributed by atoms with E-state index in [1.165, 1.54) is 18.3 Å². The van der Waals surface area contributed by atoms with E-state index in [-0.39, 0.29) is 17.8 Å². The normalized spacial score (nSPS) is 17.8. The molecule has 1 aliphatic rings. The molecule has 0 bridgehead atoms. The quantitative estimate of drug-likeness (QED) is 0.751. The summed E-state index contributed by atoms with van der Waals surface area (Å²) < 4.78 is 13.4. The summed E-state index contributed by atoms with van der Waals surface area (Å²) >= 11 is 0. The molecular weight excluding hydrogens is 321 g/mol. The smallest absolute Gasteiger partial charge is 0.256 e. The molecule has 1 fully saturated rings. The molecule has 128 valence electrons. The Hall–Kier alpha value is -2.96. The maximum atomic E-state index is 13.4. The van der Waals surface area contributed by atoms with Gasteiger partial charge in [-0.1, -0.05) is 0 Å². The number of H-pyrrole nitrogens is 1. The fourth-order valence-electron chi connectivity index (χ4n) is 3.32. The van der Waals surface area contributed by atoms with Crippen LogP contribution in [0.3, 0.4) is 0 Å². The maximum absolute atomic E-state index is 13.4. The molecule has 25 heavy (non-hydrogen) atoms. The predicted molar refractivity (Wildman–Crippen MR) is 92.3 cm³/mol. The number of likely N-dealkylation sites (tertiary alicyclic amines) is 1. The maximum Gasteiger partial charge on any atom is 0.256 e. The van der Waals surface area contributed by atoms with Crippen molar-refractivity contribution in [3.8, 4) is 0 Å². The molecule has 1 saturated heterocycles. The van der Waals surface area contributed by atoms with Crippen LogP contribution in [-0.4, -0.2) is 32.3 Å². The molecule has 3 aromatic rings. The van der Waals surface area contributed by atoms with Gasteiger partial charge in [0, 0.05) is 12.7 Å². The summed E-state index contributed by atoms with van der Waals surface area (Å²) in [6.45, 7) is 0.652. The molecule has 3 N–H and O–H groups in total. The first-order valence-electron chi connectivity index (χ1n) is 8.29. The van der Waals surface area contributed by atoms with Crippen molar-refractivity contribution in [2.45, 2.75) is 25.3 Å². The number of piperidine rings is 1. The summed E-state index contributed by atoms with van der Waals surface area (Å²) in [5, 5.41) is 0. The molecule has 0 radical (unpaired) electrons. The third-order valence-electron chi connectivity index (χ3n) is 4.57. The number of nitrogens with one attached hydrogen (secondary N) is 1. The van der Waals surface area contributed by atoms with Crippen LogP contribution in [0.1, 0.15) is 41.5 Å². The van der Waals surface area contributed by atoms with E-state index >= 15 is 0 Å². The third kappa shape index (κ3) is 2.93. The van der Waals surface area contributed by atoms with Gasteiger partial charge in [0.25, 0.3) is 5.91 Å². The second-order valence-electron chi connectivity index (χ2n) is 6.27.